The molecule has 0 unspecified atom stereocenters. The Kier molecular flexibility index (Phi) is 7.22. The van der Waals surface area contributed by atoms with Gasteiger partial charge in [0.2, 0.25) is 0 Å². The molecule has 1 amide bonds. The van der Waals surface area contributed by atoms with Gasteiger partial charge in [0, 0.05) is 50.8 Å². The molecule has 1 aromatic carbocycles. The molecule has 10 nitrogen and oxygen atoms in total. The highest BCUT2D eigenvalue weighted by Crippen LogP contribution is 2.25. The second-order valence-corrected chi connectivity index (χ2v) is 10.7. The van der Waals surface area contributed by atoms with Crippen LogP contribution in [0.25, 0.3) is 0 Å². The molecular formula is C23H31N5O5S. The Hall–Kier alpha value is -2.92. The maximum Gasteiger partial charge on any atom is 0.309 e. The van der Waals surface area contributed by atoms with Crippen molar-refractivity contribution in [3.8, 4) is 0 Å². The molecule has 184 valence electrons. The average molecular weight is 490 g/mol. The van der Waals surface area contributed by atoms with Crippen molar-refractivity contribution in [3.05, 3.63) is 36.3 Å². The smallest absolute Gasteiger partial charge is 0.309 e. The molecule has 1 N–H and O–H groups in total. The summed E-state index contributed by atoms with van der Waals surface area (Å²) in [4.78, 5) is 31.1. The molecule has 2 saturated heterocycles. The van der Waals surface area contributed by atoms with Crippen molar-refractivity contribution < 1.29 is 22.7 Å². The third kappa shape index (κ3) is 5.41. The topological polar surface area (TPSA) is 114 Å². The minimum absolute atomic E-state index is 0.0126. The van der Waals surface area contributed by atoms with Gasteiger partial charge in [0.25, 0.3) is 15.9 Å². The summed E-state index contributed by atoms with van der Waals surface area (Å²) in [7, 11) is -1.96. The van der Waals surface area contributed by atoms with E-state index in [9.17, 15) is 18.0 Å². The number of hydrogen-bond acceptors (Lipinski definition) is 7. The van der Waals surface area contributed by atoms with Crippen LogP contribution in [0.1, 0.15) is 31.5 Å². The van der Waals surface area contributed by atoms with Gasteiger partial charge in [-0.3, -0.25) is 9.59 Å². The summed E-state index contributed by atoms with van der Waals surface area (Å²) in [6, 6.07) is 7.63. The molecule has 2 aliphatic rings. The number of benzene rings is 1. The van der Waals surface area contributed by atoms with E-state index in [1.54, 1.807) is 18.5 Å². The molecule has 0 saturated carbocycles. The van der Waals surface area contributed by atoms with Gasteiger partial charge in [-0.15, -0.1) is 0 Å². The van der Waals surface area contributed by atoms with Gasteiger partial charge in [0.1, 0.15) is 5.82 Å². The number of nitrogens with zero attached hydrogens (tertiary/aromatic N) is 4. The fourth-order valence-corrected chi connectivity index (χ4v) is 5.79. The molecule has 2 aliphatic heterocycles. The van der Waals surface area contributed by atoms with E-state index in [0.717, 1.165) is 18.8 Å². The first-order chi connectivity index (χ1) is 16.2. The van der Waals surface area contributed by atoms with Gasteiger partial charge in [-0.2, -0.15) is 4.31 Å². The highest BCUT2D eigenvalue weighted by molar-refractivity contribution is 7.89. The number of piperidine rings is 1. The van der Waals surface area contributed by atoms with Gasteiger partial charge in [0.05, 0.1) is 5.92 Å². The number of carbonyl (C=O) groups is 2. The Morgan fingerprint density at radius 3 is 2.32 bits per heavy atom. The van der Waals surface area contributed by atoms with Crippen LogP contribution in [0.2, 0.25) is 0 Å². The summed E-state index contributed by atoms with van der Waals surface area (Å²) < 4.78 is 33.8. The van der Waals surface area contributed by atoms with Gasteiger partial charge in [-0.1, -0.05) is 0 Å². The summed E-state index contributed by atoms with van der Waals surface area (Å²) in [6.45, 7) is 3.87. The van der Waals surface area contributed by atoms with Crippen molar-refractivity contribution in [2.24, 2.45) is 13.0 Å². The van der Waals surface area contributed by atoms with E-state index < -0.39 is 27.8 Å². The number of aryl methyl sites for hydroxylation is 2. The molecule has 11 heteroatoms. The number of amides is 1. The van der Waals surface area contributed by atoms with E-state index in [-0.39, 0.29) is 24.7 Å². The number of ether oxygens (including phenoxy) is 1. The molecule has 0 bridgehead atoms. The highest BCUT2D eigenvalue weighted by Gasteiger charge is 2.34. The first-order valence-electron chi connectivity index (χ1n) is 11.6. The Bertz CT molecular complexity index is 1110. The fraction of sp³-hybridized carbons (Fsp3) is 0.522. The first kappa shape index (κ1) is 24.2. The Morgan fingerprint density at radius 2 is 1.74 bits per heavy atom. The number of imidazole rings is 1. The SMILES string of the molecule is Cc1nc(S(=O)(=O)N2CCC(C(=O)OCC(=O)Nc3ccc(N4CCCC4)cc3)CC2)cn1C. The van der Waals surface area contributed by atoms with Gasteiger partial charge in [0.15, 0.2) is 11.6 Å². The Morgan fingerprint density at radius 1 is 1.09 bits per heavy atom. The summed E-state index contributed by atoms with van der Waals surface area (Å²) in [5, 5.41) is 2.75. The van der Waals surface area contributed by atoms with Crippen LogP contribution in [-0.2, 0) is 31.4 Å². The molecule has 0 spiro atoms. The second kappa shape index (κ2) is 10.1. The quantitative estimate of drug-likeness (QED) is 0.591. The zero-order valence-corrected chi connectivity index (χ0v) is 20.4. The van der Waals surface area contributed by atoms with Crippen LogP contribution >= 0.6 is 0 Å². The zero-order chi connectivity index (χ0) is 24.3. The molecule has 0 aliphatic carbocycles. The first-order valence-corrected chi connectivity index (χ1v) is 13.0. The monoisotopic (exact) mass is 489 g/mol. The van der Waals surface area contributed by atoms with Gasteiger partial charge in [-0.05, 0) is 56.9 Å². The summed E-state index contributed by atoms with van der Waals surface area (Å²) in [5.74, 6) is -0.722. The van der Waals surface area contributed by atoms with Crippen LogP contribution < -0.4 is 10.2 Å². The summed E-state index contributed by atoms with van der Waals surface area (Å²) in [6.07, 6.45) is 4.56. The predicted molar refractivity (Wildman–Crippen MR) is 127 cm³/mol. The van der Waals surface area contributed by atoms with Gasteiger partial charge >= 0.3 is 5.97 Å². The second-order valence-electron chi connectivity index (χ2n) is 8.81. The van der Waals surface area contributed by atoms with Gasteiger partial charge in [-0.25, -0.2) is 13.4 Å². The van der Waals surface area contributed by atoms with Crippen molar-refractivity contribution in [1.82, 2.24) is 13.9 Å². The van der Waals surface area contributed by atoms with E-state index in [1.165, 1.54) is 23.3 Å². The number of esters is 1. The van der Waals surface area contributed by atoms with Crippen molar-refractivity contribution in [2.75, 3.05) is 43.0 Å². The lowest BCUT2D eigenvalue weighted by Crippen LogP contribution is -2.41. The molecular weight excluding hydrogens is 458 g/mol. The number of aromatic nitrogens is 2. The highest BCUT2D eigenvalue weighted by atomic mass is 32.2. The molecule has 3 heterocycles. The molecule has 2 fully saturated rings. The van der Waals surface area contributed by atoms with Crippen LogP contribution in [0.5, 0.6) is 0 Å². The number of rotatable bonds is 7. The predicted octanol–water partition coefficient (Wildman–Crippen LogP) is 1.91. The van der Waals surface area contributed by atoms with Crippen molar-refractivity contribution in [1.29, 1.82) is 0 Å². The number of anilines is 2. The number of hydrogen-bond donors (Lipinski definition) is 1. The normalized spacial score (nSPS) is 17.6. The average Bonchev–Trinajstić information content (AvgIpc) is 3.49. The lowest BCUT2D eigenvalue weighted by atomic mass is 9.98. The molecule has 34 heavy (non-hydrogen) atoms. The standard InChI is InChI=1S/C23H31N5O5S/c1-17-24-22(15-26(17)2)34(31,32)28-13-9-18(10-14-28)23(30)33-16-21(29)25-19-5-7-20(8-6-19)27-11-3-4-12-27/h5-8,15,18H,3-4,9-14,16H2,1-2H3,(H,25,29). The summed E-state index contributed by atoms with van der Waals surface area (Å²) in [5.41, 5.74) is 1.78. The molecule has 4 rings (SSSR count). The van der Waals surface area contributed by atoms with E-state index in [4.69, 9.17) is 4.74 Å². The van der Waals surface area contributed by atoms with E-state index in [1.807, 2.05) is 24.3 Å². The van der Waals surface area contributed by atoms with Gasteiger partial charge < -0.3 is 19.5 Å². The van der Waals surface area contributed by atoms with E-state index in [2.05, 4.69) is 15.2 Å². The maximum absolute atomic E-state index is 12.8. The van der Waals surface area contributed by atoms with E-state index >= 15 is 0 Å². The Labute approximate surface area is 199 Å². The largest absolute Gasteiger partial charge is 0.455 e. The molecule has 1 aromatic heterocycles. The lowest BCUT2D eigenvalue weighted by Gasteiger charge is -2.29. The third-order valence-electron chi connectivity index (χ3n) is 6.45. The van der Waals surface area contributed by atoms with Crippen LogP contribution in [0.3, 0.4) is 0 Å². The van der Waals surface area contributed by atoms with Crippen molar-refractivity contribution in [2.45, 2.75) is 37.6 Å². The number of sulfonamides is 1. The molecule has 0 radical (unpaired) electrons. The Balaban J connectivity index is 1.22. The number of carbonyl (C=O) groups excluding carboxylic acids is 2. The van der Waals surface area contributed by atoms with Crippen LogP contribution in [-0.4, -0.2) is 66.9 Å². The summed E-state index contributed by atoms with van der Waals surface area (Å²) >= 11 is 0. The number of nitrogens with one attached hydrogen (secondary N) is 1. The maximum atomic E-state index is 12.8. The van der Waals surface area contributed by atoms with E-state index in [0.29, 0.717) is 24.4 Å². The van der Waals surface area contributed by atoms with Crippen LogP contribution in [0, 0.1) is 12.8 Å². The van der Waals surface area contributed by atoms with Crippen molar-refractivity contribution in [3.63, 3.8) is 0 Å². The van der Waals surface area contributed by atoms with Crippen molar-refractivity contribution >= 4 is 33.3 Å². The lowest BCUT2D eigenvalue weighted by molar-refractivity contribution is -0.152. The zero-order valence-electron chi connectivity index (χ0n) is 19.6. The van der Waals surface area contributed by atoms with Crippen LogP contribution in [0.15, 0.2) is 35.5 Å². The molecule has 2 aromatic rings. The van der Waals surface area contributed by atoms with Crippen LogP contribution in [0.4, 0.5) is 11.4 Å². The fourth-order valence-electron chi connectivity index (χ4n) is 4.30. The third-order valence-corrected chi connectivity index (χ3v) is 8.22. The minimum Gasteiger partial charge on any atom is -0.455 e. The molecule has 0 atom stereocenters. The minimum atomic E-state index is -3.70.